The van der Waals surface area contributed by atoms with Crippen LogP contribution in [0.4, 0.5) is 0 Å². The van der Waals surface area contributed by atoms with Gasteiger partial charge in [0.2, 0.25) is 5.91 Å². The first-order valence-electron chi connectivity index (χ1n) is 23.5. The highest BCUT2D eigenvalue weighted by molar-refractivity contribution is 7.45. The molecule has 0 aromatic rings. The van der Waals surface area contributed by atoms with Gasteiger partial charge in [0.25, 0.3) is 7.82 Å². The van der Waals surface area contributed by atoms with Crippen LogP contribution < -0.4 is 10.2 Å². The first-order chi connectivity index (χ1) is 30.0. The predicted molar refractivity (Wildman–Crippen MR) is 265 cm³/mol. The third-order valence-electron chi connectivity index (χ3n) is 9.33. The average molecular weight is 879 g/mol. The second kappa shape index (κ2) is 42.9. The summed E-state index contributed by atoms with van der Waals surface area (Å²) in [5.74, 6) is -0.239. The third kappa shape index (κ3) is 44.7. The summed E-state index contributed by atoms with van der Waals surface area (Å²) in [6.07, 6.45) is 65.5. The molecule has 0 spiro atoms. The molecule has 0 aromatic carbocycles. The van der Waals surface area contributed by atoms with Crippen molar-refractivity contribution in [2.45, 2.75) is 154 Å². The lowest BCUT2D eigenvalue weighted by Crippen LogP contribution is -2.45. The van der Waals surface area contributed by atoms with E-state index in [1.165, 1.54) is 0 Å². The van der Waals surface area contributed by atoms with Gasteiger partial charge in [0.15, 0.2) is 0 Å². The quantitative estimate of drug-likeness (QED) is 0.0275. The minimum atomic E-state index is -4.60. The van der Waals surface area contributed by atoms with E-state index in [0.717, 1.165) is 122 Å². The summed E-state index contributed by atoms with van der Waals surface area (Å²) in [5, 5.41) is 13.6. The van der Waals surface area contributed by atoms with Crippen molar-refractivity contribution < 1.29 is 32.9 Å². The van der Waals surface area contributed by atoms with Crippen LogP contribution in [-0.2, 0) is 18.4 Å². The van der Waals surface area contributed by atoms with Crippen LogP contribution in [0.15, 0.2) is 134 Å². The summed E-state index contributed by atoms with van der Waals surface area (Å²) >= 11 is 0. The summed E-state index contributed by atoms with van der Waals surface area (Å²) in [5.41, 5.74) is 0. The van der Waals surface area contributed by atoms with Crippen molar-refractivity contribution in [2.24, 2.45) is 0 Å². The molecule has 0 bridgehead atoms. The topological polar surface area (TPSA) is 108 Å². The van der Waals surface area contributed by atoms with Crippen molar-refractivity contribution in [3.05, 3.63) is 134 Å². The number of phosphoric ester groups is 1. The number of carbonyl (C=O) groups excluding carboxylic acids is 1. The van der Waals surface area contributed by atoms with Gasteiger partial charge in [-0.25, -0.2) is 0 Å². The fourth-order valence-corrected chi connectivity index (χ4v) is 6.36. The first kappa shape index (κ1) is 58.6. The molecule has 0 radical (unpaired) electrons. The molecule has 0 aliphatic heterocycles. The molecular formula is C53H87N2O6P. The van der Waals surface area contributed by atoms with Gasteiger partial charge < -0.3 is 28.8 Å². The maximum atomic E-state index is 12.8. The van der Waals surface area contributed by atoms with Gasteiger partial charge in [0, 0.05) is 6.42 Å². The zero-order valence-corrected chi connectivity index (χ0v) is 40.4. The van der Waals surface area contributed by atoms with E-state index in [1.807, 2.05) is 27.2 Å². The number of allylic oxidation sites excluding steroid dienone is 21. The highest BCUT2D eigenvalue weighted by Gasteiger charge is 2.23. The van der Waals surface area contributed by atoms with Gasteiger partial charge in [-0.3, -0.25) is 9.36 Å². The molecule has 0 rings (SSSR count). The summed E-state index contributed by atoms with van der Waals surface area (Å²) in [6.45, 7) is 4.34. The normalized spacial score (nSPS) is 15.4. The Morgan fingerprint density at radius 2 is 1.00 bits per heavy atom. The molecule has 8 nitrogen and oxygen atoms in total. The monoisotopic (exact) mass is 879 g/mol. The minimum absolute atomic E-state index is 0.0192. The van der Waals surface area contributed by atoms with E-state index in [9.17, 15) is 19.4 Å². The lowest BCUT2D eigenvalue weighted by molar-refractivity contribution is -0.870. The van der Waals surface area contributed by atoms with Crippen molar-refractivity contribution in [1.82, 2.24) is 5.32 Å². The zero-order chi connectivity index (χ0) is 45.7. The van der Waals surface area contributed by atoms with Gasteiger partial charge in [-0.05, 0) is 96.3 Å². The van der Waals surface area contributed by atoms with Crippen LogP contribution in [-0.4, -0.2) is 68.5 Å². The van der Waals surface area contributed by atoms with Crippen molar-refractivity contribution >= 4 is 13.7 Å². The smallest absolute Gasteiger partial charge is 0.268 e. The molecule has 0 aliphatic carbocycles. The summed E-state index contributed by atoms with van der Waals surface area (Å²) in [4.78, 5) is 25.2. The number of aliphatic hydroxyl groups is 1. The lowest BCUT2D eigenvalue weighted by atomic mass is 10.1. The highest BCUT2D eigenvalue weighted by Crippen LogP contribution is 2.38. The van der Waals surface area contributed by atoms with Gasteiger partial charge in [0.05, 0.1) is 39.9 Å². The molecule has 0 fully saturated rings. The van der Waals surface area contributed by atoms with Crippen LogP contribution in [0.3, 0.4) is 0 Å². The Kier molecular flexibility index (Phi) is 40.6. The number of hydrogen-bond acceptors (Lipinski definition) is 6. The number of carbonyl (C=O) groups is 1. The van der Waals surface area contributed by atoms with Gasteiger partial charge >= 0.3 is 0 Å². The SMILES string of the molecule is CC/C=C\C/C=C\C/C=C\C/C=C\C/C=C\C/C=C\C/C=C\C/C=C\C/C=C\CCCCCCCC(=O)NC(COP(=O)([O-])OCC[N+](C)(C)C)C(O)/C=C/CC/C=C/CCC. The maximum absolute atomic E-state index is 12.8. The minimum Gasteiger partial charge on any atom is -0.756 e. The number of nitrogens with one attached hydrogen (secondary N) is 1. The van der Waals surface area contributed by atoms with Gasteiger partial charge in [-0.1, -0.05) is 173 Å². The fraction of sp³-hybridized carbons (Fsp3) is 0.566. The molecule has 0 aromatic heterocycles. The van der Waals surface area contributed by atoms with E-state index in [4.69, 9.17) is 9.05 Å². The molecule has 0 saturated carbocycles. The Hall–Kier alpha value is -3.36. The van der Waals surface area contributed by atoms with Crippen LogP contribution in [0.1, 0.15) is 142 Å². The second-order valence-electron chi connectivity index (χ2n) is 16.4. The molecule has 0 heterocycles. The van der Waals surface area contributed by atoms with Crippen LogP contribution in [0, 0.1) is 0 Å². The predicted octanol–water partition coefficient (Wildman–Crippen LogP) is 13.0. The van der Waals surface area contributed by atoms with Crippen molar-refractivity contribution in [2.75, 3.05) is 40.9 Å². The molecule has 3 unspecified atom stereocenters. The number of amides is 1. The number of quaternary nitrogens is 1. The van der Waals surface area contributed by atoms with Gasteiger partial charge in [0.1, 0.15) is 13.2 Å². The standard InChI is InChI=1S/C53H87N2O6P/c1-6-8-10-12-14-15-16-17-18-19-20-21-22-23-24-25-26-27-28-29-30-31-32-33-34-35-36-37-38-39-41-43-45-47-53(57)54-51(52(56)46-44-42-40-13-11-9-7-2)50-61-62(58,59)60-49-48-55(3,4)5/h8,10-11,13-15,17-18,20-21,23-24,26-27,29-30,32-33,35-36,44,46,51-52,56H,6-7,9,12,16,19,22,25,28,31,34,37-43,45,47-50H2,1-5H3,(H-,54,57,58,59)/b10-8-,13-11+,15-14-,18-17-,21-20-,24-23-,27-26-,30-29-,33-32-,36-35-,46-44+. The number of nitrogens with zero attached hydrogens (tertiary/aromatic N) is 1. The Labute approximate surface area is 379 Å². The molecule has 2 N–H and O–H groups in total. The van der Waals surface area contributed by atoms with Crippen LogP contribution in [0.25, 0.3) is 0 Å². The molecule has 0 saturated heterocycles. The Balaban J connectivity index is 4.18. The molecular weight excluding hydrogens is 792 g/mol. The number of phosphoric acid groups is 1. The maximum Gasteiger partial charge on any atom is 0.268 e. The van der Waals surface area contributed by atoms with E-state index < -0.39 is 26.6 Å². The summed E-state index contributed by atoms with van der Waals surface area (Å²) in [6, 6.07) is -0.921. The highest BCUT2D eigenvalue weighted by atomic mass is 31.2. The van der Waals surface area contributed by atoms with E-state index >= 15 is 0 Å². The second-order valence-corrected chi connectivity index (χ2v) is 17.8. The zero-order valence-electron chi connectivity index (χ0n) is 39.5. The van der Waals surface area contributed by atoms with Crippen molar-refractivity contribution in [1.29, 1.82) is 0 Å². The Morgan fingerprint density at radius 1 is 0.581 bits per heavy atom. The molecule has 0 aliphatic rings. The number of likely N-dealkylation sites (N-methyl/N-ethyl adjacent to an activating group) is 1. The largest absolute Gasteiger partial charge is 0.756 e. The number of hydrogen-bond donors (Lipinski definition) is 2. The average Bonchev–Trinajstić information content (AvgIpc) is 3.23. The van der Waals surface area contributed by atoms with E-state index in [-0.39, 0.29) is 12.5 Å². The van der Waals surface area contributed by atoms with Crippen LogP contribution in [0.2, 0.25) is 0 Å². The van der Waals surface area contributed by atoms with Gasteiger partial charge in [-0.2, -0.15) is 0 Å². The first-order valence-corrected chi connectivity index (χ1v) is 25.0. The summed E-state index contributed by atoms with van der Waals surface area (Å²) in [7, 11) is 1.20. The Morgan fingerprint density at radius 3 is 1.48 bits per heavy atom. The number of aliphatic hydroxyl groups excluding tert-OH is 1. The molecule has 9 heteroatoms. The molecule has 1 amide bonds. The van der Waals surface area contributed by atoms with E-state index in [2.05, 4.69) is 141 Å². The van der Waals surface area contributed by atoms with Crippen LogP contribution in [0.5, 0.6) is 0 Å². The third-order valence-corrected chi connectivity index (χ3v) is 10.3. The van der Waals surface area contributed by atoms with Crippen molar-refractivity contribution in [3.63, 3.8) is 0 Å². The van der Waals surface area contributed by atoms with Crippen LogP contribution >= 0.6 is 7.82 Å². The number of unbranched alkanes of at least 4 members (excludes halogenated alkanes) is 7. The van der Waals surface area contributed by atoms with Crippen molar-refractivity contribution in [3.8, 4) is 0 Å². The molecule has 3 atom stereocenters. The molecule has 350 valence electrons. The van der Waals surface area contributed by atoms with E-state index in [0.29, 0.717) is 17.4 Å². The fourth-order valence-electron chi connectivity index (χ4n) is 5.64. The molecule has 62 heavy (non-hydrogen) atoms. The summed E-state index contributed by atoms with van der Waals surface area (Å²) < 4.78 is 23.0. The lowest BCUT2D eigenvalue weighted by Gasteiger charge is -2.29. The number of rotatable bonds is 40. The Bertz CT molecular complexity index is 1460. The van der Waals surface area contributed by atoms with E-state index in [1.54, 1.807) is 6.08 Å². The van der Waals surface area contributed by atoms with Gasteiger partial charge in [-0.15, -0.1) is 0 Å².